The summed E-state index contributed by atoms with van der Waals surface area (Å²) in [7, 11) is 0. The molecule has 3 heteroatoms. The monoisotopic (exact) mass is 278 g/mol. The van der Waals surface area contributed by atoms with Crippen LogP contribution in [0, 0.1) is 0 Å². The Morgan fingerprint density at radius 1 is 1.05 bits per heavy atom. The summed E-state index contributed by atoms with van der Waals surface area (Å²) in [5.41, 5.74) is 1.99. The lowest BCUT2D eigenvalue weighted by Crippen LogP contribution is -2.01. The van der Waals surface area contributed by atoms with Crippen molar-refractivity contribution in [3.8, 4) is 5.75 Å². The third kappa shape index (κ3) is 3.14. The molecule has 0 atom stereocenters. The highest BCUT2D eigenvalue weighted by molar-refractivity contribution is 5.88. The first kappa shape index (κ1) is 13.4. The van der Waals surface area contributed by atoms with Gasteiger partial charge in [-0.25, -0.2) is 0 Å². The number of benzene rings is 2. The molecule has 3 rings (SSSR count). The van der Waals surface area contributed by atoms with Crippen LogP contribution in [0.15, 0.2) is 60.8 Å². The van der Waals surface area contributed by atoms with Crippen LogP contribution >= 0.6 is 0 Å². The molecule has 0 aliphatic carbocycles. The van der Waals surface area contributed by atoms with Gasteiger partial charge in [0, 0.05) is 23.8 Å². The number of nitrogens with one attached hydrogen (secondary N) is 1. The van der Waals surface area contributed by atoms with Crippen LogP contribution in [0.4, 0.5) is 5.69 Å². The third-order valence-corrected chi connectivity index (χ3v) is 3.32. The summed E-state index contributed by atoms with van der Waals surface area (Å²) in [5, 5.41) is 5.59. The van der Waals surface area contributed by atoms with Crippen LogP contribution < -0.4 is 10.1 Å². The molecule has 0 unspecified atom stereocenters. The molecular weight excluding hydrogens is 260 g/mol. The summed E-state index contributed by atoms with van der Waals surface area (Å²) >= 11 is 0. The molecule has 0 bridgehead atoms. The molecular formula is C18H18N2O. The summed E-state index contributed by atoms with van der Waals surface area (Å²) in [6, 6.07) is 18.3. The van der Waals surface area contributed by atoms with Crippen molar-refractivity contribution in [2.75, 3.05) is 11.9 Å². The number of ether oxygens (including phenoxy) is 1. The number of hydrogen-bond acceptors (Lipinski definition) is 3. The second kappa shape index (κ2) is 6.27. The first-order chi connectivity index (χ1) is 10.4. The lowest BCUT2D eigenvalue weighted by atomic mass is 10.1. The molecule has 2 aromatic carbocycles. The fourth-order valence-corrected chi connectivity index (χ4v) is 2.34. The highest BCUT2D eigenvalue weighted by Crippen LogP contribution is 2.25. The maximum atomic E-state index is 5.95. The lowest BCUT2D eigenvalue weighted by Gasteiger charge is -2.10. The van der Waals surface area contributed by atoms with E-state index in [-0.39, 0.29) is 0 Å². The Kier molecular flexibility index (Phi) is 4.01. The fraction of sp³-hybridized carbons (Fsp3) is 0.167. The van der Waals surface area contributed by atoms with Crippen molar-refractivity contribution in [2.24, 2.45) is 0 Å². The highest BCUT2D eigenvalue weighted by atomic mass is 16.5. The standard InChI is InChI=1S/C18H18N2O/c1-2-19-15-10-11-20-16(12-15)13-21-18-9-5-7-14-6-3-4-8-17(14)18/h3-12H,2,13H2,1H3,(H,19,20). The molecule has 0 amide bonds. The maximum Gasteiger partial charge on any atom is 0.130 e. The first-order valence-electron chi connectivity index (χ1n) is 7.16. The largest absolute Gasteiger partial charge is 0.487 e. The Morgan fingerprint density at radius 3 is 2.81 bits per heavy atom. The van der Waals surface area contributed by atoms with E-state index in [1.165, 1.54) is 5.39 Å². The molecule has 0 saturated carbocycles. The molecule has 1 aromatic heterocycles. The molecule has 0 saturated heterocycles. The van der Waals surface area contributed by atoms with Gasteiger partial charge >= 0.3 is 0 Å². The lowest BCUT2D eigenvalue weighted by molar-refractivity contribution is 0.305. The van der Waals surface area contributed by atoms with E-state index in [2.05, 4.69) is 35.4 Å². The molecule has 0 aliphatic rings. The van der Waals surface area contributed by atoms with Crippen LogP contribution in [0.5, 0.6) is 5.75 Å². The molecule has 0 aliphatic heterocycles. The molecule has 106 valence electrons. The van der Waals surface area contributed by atoms with Gasteiger partial charge in [-0.15, -0.1) is 0 Å². The molecule has 0 spiro atoms. The van der Waals surface area contributed by atoms with Crippen LogP contribution in [-0.4, -0.2) is 11.5 Å². The van der Waals surface area contributed by atoms with Crippen molar-refractivity contribution >= 4 is 16.5 Å². The van der Waals surface area contributed by atoms with Gasteiger partial charge in [-0.2, -0.15) is 0 Å². The predicted octanol–water partition coefficient (Wildman–Crippen LogP) is 4.25. The van der Waals surface area contributed by atoms with Crippen LogP contribution in [-0.2, 0) is 6.61 Å². The van der Waals surface area contributed by atoms with Gasteiger partial charge in [0.05, 0.1) is 5.69 Å². The second-order valence-electron chi connectivity index (χ2n) is 4.83. The average molecular weight is 278 g/mol. The molecule has 3 aromatic rings. The summed E-state index contributed by atoms with van der Waals surface area (Å²) in [6.07, 6.45) is 1.81. The number of hydrogen-bond donors (Lipinski definition) is 1. The van der Waals surface area contributed by atoms with Crippen LogP contribution in [0.3, 0.4) is 0 Å². The van der Waals surface area contributed by atoms with Crippen LogP contribution in [0.1, 0.15) is 12.6 Å². The molecule has 3 nitrogen and oxygen atoms in total. The Bertz CT molecular complexity index is 735. The van der Waals surface area contributed by atoms with E-state index < -0.39 is 0 Å². The first-order valence-corrected chi connectivity index (χ1v) is 7.16. The number of nitrogens with zero attached hydrogens (tertiary/aromatic N) is 1. The van der Waals surface area contributed by atoms with Gasteiger partial charge in [-0.05, 0) is 30.5 Å². The fourth-order valence-electron chi connectivity index (χ4n) is 2.34. The predicted molar refractivity (Wildman–Crippen MR) is 86.7 cm³/mol. The van der Waals surface area contributed by atoms with Gasteiger partial charge in [0.15, 0.2) is 0 Å². The van der Waals surface area contributed by atoms with E-state index in [9.17, 15) is 0 Å². The van der Waals surface area contributed by atoms with Crippen molar-refractivity contribution in [3.05, 3.63) is 66.5 Å². The zero-order chi connectivity index (χ0) is 14.5. The minimum Gasteiger partial charge on any atom is -0.487 e. The summed E-state index contributed by atoms with van der Waals surface area (Å²) < 4.78 is 5.95. The summed E-state index contributed by atoms with van der Waals surface area (Å²) in [5.74, 6) is 0.892. The highest BCUT2D eigenvalue weighted by Gasteiger charge is 2.03. The van der Waals surface area contributed by atoms with E-state index in [0.29, 0.717) is 6.61 Å². The number of anilines is 1. The number of aromatic nitrogens is 1. The van der Waals surface area contributed by atoms with E-state index >= 15 is 0 Å². The van der Waals surface area contributed by atoms with Gasteiger partial charge in [-0.1, -0.05) is 36.4 Å². The third-order valence-electron chi connectivity index (χ3n) is 3.32. The molecule has 1 N–H and O–H groups in total. The van der Waals surface area contributed by atoms with Gasteiger partial charge in [0.25, 0.3) is 0 Å². The van der Waals surface area contributed by atoms with Crippen molar-refractivity contribution in [3.63, 3.8) is 0 Å². The Morgan fingerprint density at radius 2 is 1.90 bits per heavy atom. The van der Waals surface area contributed by atoms with Crippen LogP contribution in [0.2, 0.25) is 0 Å². The normalized spacial score (nSPS) is 10.5. The summed E-state index contributed by atoms with van der Waals surface area (Å²) in [4.78, 5) is 4.35. The van der Waals surface area contributed by atoms with Gasteiger partial charge in [-0.3, -0.25) is 4.98 Å². The molecule has 0 radical (unpaired) electrons. The number of fused-ring (bicyclic) bond motifs is 1. The molecule has 21 heavy (non-hydrogen) atoms. The minimum absolute atomic E-state index is 0.466. The zero-order valence-electron chi connectivity index (χ0n) is 12.0. The number of rotatable bonds is 5. The average Bonchev–Trinajstić information content (AvgIpc) is 2.53. The smallest absolute Gasteiger partial charge is 0.130 e. The minimum atomic E-state index is 0.466. The maximum absolute atomic E-state index is 5.95. The summed E-state index contributed by atoms with van der Waals surface area (Å²) in [6.45, 7) is 3.44. The quantitative estimate of drug-likeness (QED) is 0.757. The second-order valence-corrected chi connectivity index (χ2v) is 4.83. The van der Waals surface area contributed by atoms with Crippen molar-refractivity contribution < 1.29 is 4.74 Å². The van der Waals surface area contributed by atoms with Gasteiger partial charge in [0.1, 0.15) is 12.4 Å². The van der Waals surface area contributed by atoms with E-state index in [4.69, 9.17) is 4.74 Å². The Labute approximate surface area is 124 Å². The van der Waals surface area contributed by atoms with Gasteiger partial charge < -0.3 is 10.1 Å². The molecule has 1 heterocycles. The van der Waals surface area contributed by atoms with E-state index in [1.807, 2.05) is 36.4 Å². The SMILES string of the molecule is CCNc1ccnc(COc2cccc3ccccc23)c1. The van der Waals surface area contributed by atoms with Crippen molar-refractivity contribution in [1.82, 2.24) is 4.98 Å². The zero-order valence-corrected chi connectivity index (χ0v) is 12.0. The van der Waals surface area contributed by atoms with Crippen molar-refractivity contribution in [1.29, 1.82) is 0 Å². The van der Waals surface area contributed by atoms with E-state index in [0.717, 1.165) is 29.1 Å². The Balaban J connectivity index is 1.79. The topological polar surface area (TPSA) is 34.2 Å². The number of pyridine rings is 1. The van der Waals surface area contributed by atoms with Gasteiger partial charge in [0.2, 0.25) is 0 Å². The van der Waals surface area contributed by atoms with E-state index in [1.54, 1.807) is 6.20 Å². The van der Waals surface area contributed by atoms with Crippen molar-refractivity contribution in [2.45, 2.75) is 13.5 Å². The Hall–Kier alpha value is -2.55. The van der Waals surface area contributed by atoms with Crippen LogP contribution in [0.25, 0.3) is 10.8 Å². The molecule has 0 fully saturated rings.